The molecule has 0 radical (unpaired) electrons. The van der Waals surface area contributed by atoms with E-state index in [1.807, 2.05) is 0 Å². The van der Waals surface area contributed by atoms with Crippen LogP contribution in [0.2, 0.25) is 0 Å². The van der Waals surface area contributed by atoms with E-state index in [1.54, 1.807) is 66.9 Å². The number of hydrogen-bond acceptors (Lipinski definition) is 7. The van der Waals surface area contributed by atoms with Crippen LogP contribution in [0.25, 0.3) is 0 Å². The first-order valence-corrected chi connectivity index (χ1v) is 9.56. The van der Waals surface area contributed by atoms with Gasteiger partial charge in [0.1, 0.15) is 17.5 Å². The van der Waals surface area contributed by atoms with Gasteiger partial charge in [0.25, 0.3) is 0 Å². The number of nitrogens with one attached hydrogen (secondary N) is 1. The number of nitrogens with zero attached hydrogens (tertiary/aromatic N) is 1. The summed E-state index contributed by atoms with van der Waals surface area (Å²) in [5.74, 6) is -0.468. The van der Waals surface area contributed by atoms with Gasteiger partial charge in [-0.1, -0.05) is 36.4 Å². The minimum atomic E-state index is -4.32. The molecule has 0 aliphatic heterocycles. The molecule has 0 saturated heterocycles. The molecule has 3 rings (SSSR count). The number of nitrogens with two attached hydrogens (primary N) is 1. The zero-order chi connectivity index (χ0) is 19.1. The van der Waals surface area contributed by atoms with E-state index in [4.69, 9.17) is 19.3 Å². The highest BCUT2D eigenvalue weighted by molar-refractivity contribution is 7.50. The summed E-state index contributed by atoms with van der Waals surface area (Å²) in [6, 6.07) is 15.5. The smallest absolute Gasteiger partial charge is 0.386 e. The highest BCUT2D eigenvalue weighted by Gasteiger charge is 2.37. The molecular formula is C18H18N3O5P. The Labute approximate surface area is 155 Å². The van der Waals surface area contributed by atoms with E-state index in [-0.39, 0.29) is 17.9 Å². The summed E-state index contributed by atoms with van der Waals surface area (Å²) in [7, 11) is -4.32. The van der Waals surface area contributed by atoms with Crippen LogP contribution in [0.4, 0.5) is 0 Å². The number of benzene rings is 2. The Morgan fingerprint density at radius 3 is 2.07 bits per heavy atom. The lowest BCUT2D eigenvalue weighted by Crippen LogP contribution is -2.34. The molecule has 0 aliphatic rings. The van der Waals surface area contributed by atoms with Crippen molar-refractivity contribution in [2.45, 2.75) is 12.5 Å². The summed E-state index contributed by atoms with van der Waals surface area (Å²) < 4.78 is 28.9. The van der Waals surface area contributed by atoms with Crippen LogP contribution in [0.1, 0.15) is 5.69 Å². The van der Waals surface area contributed by atoms with Crippen molar-refractivity contribution in [1.29, 1.82) is 0 Å². The van der Waals surface area contributed by atoms with Gasteiger partial charge in [-0.2, -0.15) is 4.57 Å². The first-order valence-electron chi connectivity index (χ1n) is 8.10. The number of para-hydroxylation sites is 2. The number of carbonyl (C=O) groups is 1. The number of phosphoric ester groups is 1. The molecule has 0 aliphatic carbocycles. The Balaban J connectivity index is 1.76. The van der Waals surface area contributed by atoms with Crippen molar-refractivity contribution >= 4 is 13.8 Å². The van der Waals surface area contributed by atoms with Gasteiger partial charge in [-0.05, 0) is 24.3 Å². The highest BCUT2D eigenvalue weighted by Crippen LogP contribution is 2.49. The van der Waals surface area contributed by atoms with Gasteiger partial charge in [-0.25, -0.2) is 9.78 Å². The number of imidazole rings is 1. The second kappa shape index (κ2) is 8.53. The lowest BCUT2D eigenvalue weighted by Gasteiger charge is -2.20. The quantitative estimate of drug-likeness (QED) is 0.571. The third-order valence-corrected chi connectivity index (χ3v) is 4.68. The maximum Gasteiger partial charge on any atom is 0.649 e. The summed E-state index contributed by atoms with van der Waals surface area (Å²) in [4.78, 5) is 19.1. The van der Waals surface area contributed by atoms with Crippen LogP contribution in [0.3, 0.4) is 0 Å². The fourth-order valence-electron chi connectivity index (χ4n) is 2.17. The Hall–Kier alpha value is -3.09. The maximum atomic E-state index is 13.1. The molecule has 2 aromatic carbocycles. The molecule has 1 aromatic heterocycles. The molecule has 27 heavy (non-hydrogen) atoms. The highest BCUT2D eigenvalue weighted by atomic mass is 31.2. The molecule has 0 bridgehead atoms. The maximum absolute atomic E-state index is 13.1. The van der Waals surface area contributed by atoms with E-state index in [0.717, 1.165) is 0 Å². The van der Waals surface area contributed by atoms with Crippen LogP contribution in [0, 0.1) is 0 Å². The van der Waals surface area contributed by atoms with Gasteiger partial charge in [-0.15, -0.1) is 0 Å². The Bertz CT molecular complexity index is 858. The van der Waals surface area contributed by atoms with Gasteiger partial charge in [-0.3, -0.25) is 0 Å². The van der Waals surface area contributed by atoms with Crippen LogP contribution < -0.4 is 14.8 Å². The van der Waals surface area contributed by atoms with Crippen molar-refractivity contribution in [3.63, 3.8) is 0 Å². The van der Waals surface area contributed by atoms with Gasteiger partial charge in [0.05, 0.1) is 12.0 Å². The Morgan fingerprint density at radius 2 is 1.59 bits per heavy atom. The average Bonchev–Trinajstić information content (AvgIpc) is 3.16. The molecule has 0 saturated carbocycles. The van der Waals surface area contributed by atoms with Crippen LogP contribution in [0.15, 0.2) is 73.2 Å². The Morgan fingerprint density at radius 1 is 1.04 bits per heavy atom. The average molecular weight is 387 g/mol. The normalized spacial score (nSPS) is 12.2. The van der Waals surface area contributed by atoms with E-state index >= 15 is 0 Å². The fourth-order valence-corrected chi connectivity index (χ4v) is 3.39. The molecule has 3 aromatic rings. The number of phosphoric acid groups is 1. The molecule has 1 heterocycles. The molecule has 9 heteroatoms. The van der Waals surface area contributed by atoms with Crippen molar-refractivity contribution < 1.29 is 22.9 Å². The van der Waals surface area contributed by atoms with E-state index in [9.17, 15) is 9.36 Å². The summed E-state index contributed by atoms with van der Waals surface area (Å²) in [5, 5.41) is 0. The molecule has 0 fully saturated rings. The molecule has 1 atom stereocenters. The third-order valence-electron chi connectivity index (χ3n) is 3.41. The molecular weight excluding hydrogens is 369 g/mol. The van der Waals surface area contributed by atoms with Crippen LogP contribution in [-0.4, -0.2) is 22.0 Å². The fraction of sp³-hybridized carbons (Fsp3) is 0.111. The number of H-pyrrole nitrogens is 1. The zero-order valence-corrected chi connectivity index (χ0v) is 15.1. The summed E-state index contributed by atoms with van der Waals surface area (Å²) >= 11 is 0. The second-order valence-electron chi connectivity index (χ2n) is 5.54. The van der Waals surface area contributed by atoms with Crippen LogP contribution in [0.5, 0.6) is 11.5 Å². The lowest BCUT2D eigenvalue weighted by atomic mass is 10.2. The summed E-state index contributed by atoms with van der Waals surface area (Å²) in [5.41, 5.74) is 6.41. The summed E-state index contributed by atoms with van der Waals surface area (Å²) in [6.07, 6.45) is 3.18. The lowest BCUT2D eigenvalue weighted by molar-refractivity contribution is -0.136. The minimum Gasteiger partial charge on any atom is -0.386 e. The predicted molar refractivity (Wildman–Crippen MR) is 98.1 cm³/mol. The molecule has 0 spiro atoms. The standard InChI is InChI=1S/C18H18N3O5P/c19-17(11-14-12-20-13-21-14)18(22)26-27(23,24-15-7-3-1-4-8-15)25-16-9-5-2-6-10-16/h1-10,12-13,17H,11,19H2,(H,20,21)/t17-/m0/s1. The molecule has 140 valence electrons. The number of aromatic amines is 1. The molecule has 3 N–H and O–H groups in total. The van der Waals surface area contributed by atoms with E-state index in [1.165, 1.54) is 6.33 Å². The largest absolute Gasteiger partial charge is 0.649 e. The van der Waals surface area contributed by atoms with Crippen molar-refractivity contribution in [1.82, 2.24) is 9.97 Å². The van der Waals surface area contributed by atoms with Crippen LogP contribution in [-0.2, 0) is 20.3 Å². The van der Waals surface area contributed by atoms with Gasteiger partial charge >= 0.3 is 13.8 Å². The van der Waals surface area contributed by atoms with Gasteiger partial charge in [0, 0.05) is 12.6 Å². The minimum absolute atomic E-state index is 0.110. The topological polar surface area (TPSA) is 117 Å². The Kier molecular flexibility index (Phi) is 5.90. The van der Waals surface area contributed by atoms with Crippen molar-refractivity contribution in [2.24, 2.45) is 5.73 Å². The van der Waals surface area contributed by atoms with E-state index in [2.05, 4.69) is 9.97 Å². The SMILES string of the molecule is N[C@@H](Cc1c[nH]cn1)C(=O)OP(=O)(Oc1ccccc1)Oc1ccccc1. The second-order valence-corrected chi connectivity index (χ2v) is 6.98. The number of rotatable bonds is 8. The van der Waals surface area contributed by atoms with Crippen LogP contribution >= 0.6 is 7.82 Å². The number of carbonyl (C=O) groups excluding carboxylic acids is 1. The molecule has 0 amide bonds. The summed E-state index contributed by atoms with van der Waals surface area (Å²) in [6.45, 7) is 0. The van der Waals surface area contributed by atoms with E-state index in [0.29, 0.717) is 5.69 Å². The van der Waals surface area contributed by atoms with Crippen molar-refractivity contribution in [3.05, 3.63) is 78.9 Å². The number of hydrogen-bond donors (Lipinski definition) is 2. The van der Waals surface area contributed by atoms with Gasteiger partial charge in [0.2, 0.25) is 0 Å². The van der Waals surface area contributed by atoms with Crippen molar-refractivity contribution in [3.8, 4) is 11.5 Å². The zero-order valence-electron chi connectivity index (χ0n) is 14.2. The first kappa shape index (κ1) is 18.7. The third kappa shape index (κ3) is 5.44. The van der Waals surface area contributed by atoms with Gasteiger partial charge in [0.15, 0.2) is 0 Å². The number of aromatic nitrogens is 2. The van der Waals surface area contributed by atoms with Crippen molar-refractivity contribution in [2.75, 3.05) is 0 Å². The molecule has 0 unspecified atom stereocenters. The predicted octanol–water partition coefficient (Wildman–Crippen LogP) is 3.09. The monoisotopic (exact) mass is 387 g/mol. The first-order chi connectivity index (χ1) is 13.0. The van der Waals surface area contributed by atoms with E-state index < -0.39 is 19.8 Å². The molecule has 8 nitrogen and oxygen atoms in total. The van der Waals surface area contributed by atoms with Gasteiger partial charge < -0.3 is 24.3 Å².